The van der Waals surface area contributed by atoms with E-state index >= 15 is 0 Å². The molecule has 4 N–H and O–H groups in total. The molecule has 2 aliphatic rings. The molecule has 4 nitrogen and oxygen atoms in total. The Labute approximate surface area is 183 Å². The lowest BCUT2D eigenvalue weighted by atomic mass is 9.90. The minimum absolute atomic E-state index is 0.724. The molecule has 1 aliphatic heterocycles. The highest BCUT2D eigenvalue weighted by Crippen LogP contribution is 2.24. The lowest BCUT2D eigenvalue weighted by Crippen LogP contribution is -2.40. The predicted molar refractivity (Wildman–Crippen MR) is 130 cm³/mol. The van der Waals surface area contributed by atoms with Crippen molar-refractivity contribution in [2.24, 2.45) is 11.7 Å². The standard InChI is InChI=1S/C26H40N4/c1-4-5-6-11-18-28-26(22(2)27)23(3)29-21-30-19-16-25(17-20-30)15-14-24-12-9-7-8-10-13-24/h4-7,9-13,25,28-29H,3,8,14-21,27H2,1-2H3/b5-4-,11-6-,26-22-. The van der Waals surface area contributed by atoms with Crippen molar-refractivity contribution in [1.82, 2.24) is 15.5 Å². The van der Waals surface area contributed by atoms with Crippen LogP contribution in [0.25, 0.3) is 0 Å². The summed E-state index contributed by atoms with van der Waals surface area (Å²) in [5, 5.41) is 6.82. The van der Waals surface area contributed by atoms with Crippen molar-refractivity contribution in [3.05, 3.63) is 83.9 Å². The van der Waals surface area contributed by atoms with E-state index in [9.17, 15) is 0 Å². The van der Waals surface area contributed by atoms with Crippen LogP contribution < -0.4 is 16.4 Å². The molecule has 0 unspecified atom stereocenters. The summed E-state index contributed by atoms with van der Waals surface area (Å²) in [6, 6.07) is 0. The summed E-state index contributed by atoms with van der Waals surface area (Å²) in [5.41, 5.74) is 10.0. The van der Waals surface area contributed by atoms with Crippen LogP contribution in [-0.4, -0.2) is 31.2 Å². The highest BCUT2D eigenvalue weighted by atomic mass is 15.2. The first-order chi connectivity index (χ1) is 14.6. The fourth-order valence-electron chi connectivity index (χ4n) is 3.79. The van der Waals surface area contributed by atoms with Crippen LogP contribution in [0.1, 0.15) is 46.0 Å². The number of nitrogens with one attached hydrogen (secondary N) is 2. The van der Waals surface area contributed by atoms with Crippen LogP contribution in [0.5, 0.6) is 0 Å². The number of hydrogen-bond donors (Lipinski definition) is 3. The van der Waals surface area contributed by atoms with Crippen molar-refractivity contribution in [2.75, 3.05) is 26.3 Å². The fourth-order valence-corrected chi connectivity index (χ4v) is 3.79. The van der Waals surface area contributed by atoms with Gasteiger partial charge in [0.15, 0.2) is 0 Å². The second-order valence-corrected chi connectivity index (χ2v) is 8.11. The first-order valence-electron chi connectivity index (χ1n) is 11.3. The van der Waals surface area contributed by atoms with Gasteiger partial charge in [-0.1, -0.05) is 61.3 Å². The molecule has 0 atom stereocenters. The molecule has 164 valence electrons. The lowest BCUT2D eigenvalue weighted by molar-refractivity contribution is 0.173. The normalized spacial score (nSPS) is 19.1. The minimum atomic E-state index is 0.724. The fraction of sp³-hybridized carbons (Fsp3) is 0.462. The Bertz CT molecular complexity index is 709. The van der Waals surface area contributed by atoms with Crippen LogP contribution in [-0.2, 0) is 0 Å². The number of allylic oxidation sites excluding steroid dienone is 10. The summed E-state index contributed by atoms with van der Waals surface area (Å²) in [6.45, 7) is 11.9. The van der Waals surface area contributed by atoms with Crippen molar-refractivity contribution in [1.29, 1.82) is 0 Å². The molecule has 2 rings (SSSR count). The molecule has 1 fully saturated rings. The maximum absolute atomic E-state index is 6.06. The quantitative estimate of drug-likeness (QED) is 0.426. The van der Waals surface area contributed by atoms with Gasteiger partial charge in [0.05, 0.1) is 18.1 Å². The summed E-state index contributed by atoms with van der Waals surface area (Å²) in [6.07, 6.45) is 25.4. The number of hydrogen-bond acceptors (Lipinski definition) is 4. The predicted octanol–water partition coefficient (Wildman–Crippen LogP) is 4.89. The second-order valence-electron chi connectivity index (χ2n) is 8.11. The molecule has 0 aromatic rings. The van der Waals surface area contributed by atoms with Gasteiger partial charge in [-0.3, -0.25) is 4.90 Å². The van der Waals surface area contributed by atoms with Gasteiger partial charge in [-0.05, 0) is 57.4 Å². The zero-order valence-electron chi connectivity index (χ0n) is 18.9. The van der Waals surface area contributed by atoms with Gasteiger partial charge in [-0.15, -0.1) is 0 Å². The van der Waals surface area contributed by atoms with Crippen molar-refractivity contribution in [3.63, 3.8) is 0 Å². The average Bonchev–Trinajstić information content (AvgIpc) is 3.02. The van der Waals surface area contributed by atoms with Crippen molar-refractivity contribution in [3.8, 4) is 0 Å². The van der Waals surface area contributed by atoms with Gasteiger partial charge >= 0.3 is 0 Å². The molecule has 30 heavy (non-hydrogen) atoms. The van der Waals surface area contributed by atoms with E-state index < -0.39 is 0 Å². The highest BCUT2D eigenvalue weighted by molar-refractivity contribution is 5.29. The molecule has 0 radical (unpaired) electrons. The van der Waals surface area contributed by atoms with Crippen LogP contribution in [0.3, 0.4) is 0 Å². The van der Waals surface area contributed by atoms with Crippen molar-refractivity contribution in [2.45, 2.75) is 46.0 Å². The van der Waals surface area contributed by atoms with Gasteiger partial charge in [0, 0.05) is 25.3 Å². The van der Waals surface area contributed by atoms with Gasteiger partial charge in [0.25, 0.3) is 0 Å². The van der Waals surface area contributed by atoms with Gasteiger partial charge in [0.2, 0.25) is 0 Å². The largest absolute Gasteiger partial charge is 0.401 e. The number of piperidine rings is 1. The van der Waals surface area contributed by atoms with Crippen molar-refractivity contribution < 1.29 is 0 Å². The summed E-state index contributed by atoms with van der Waals surface area (Å²) in [5.74, 6) is 0.832. The number of nitrogens with two attached hydrogens (primary N) is 1. The average molecular weight is 409 g/mol. The van der Waals surface area contributed by atoms with E-state index in [1.54, 1.807) is 0 Å². The van der Waals surface area contributed by atoms with Gasteiger partial charge in [-0.2, -0.15) is 0 Å². The third-order valence-corrected chi connectivity index (χ3v) is 5.65. The molecule has 1 heterocycles. The third kappa shape index (κ3) is 8.91. The maximum atomic E-state index is 6.06. The summed E-state index contributed by atoms with van der Waals surface area (Å²) < 4.78 is 0. The van der Waals surface area contributed by atoms with Gasteiger partial charge in [-0.25, -0.2) is 0 Å². The first kappa shape index (κ1) is 23.8. The highest BCUT2D eigenvalue weighted by Gasteiger charge is 2.19. The van der Waals surface area contributed by atoms with Crippen LogP contribution in [0.15, 0.2) is 83.9 Å². The van der Waals surface area contributed by atoms with Crippen molar-refractivity contribution >= 4 is 0 Å². The van der Waals surface area contributed by atoms with Gasteiger partial charge in [0.1, 0.15) is 0 Å². The van der Waals surface area contributed by atoms with Crippen LogP contribution in [0.4, 0.5) is 0 Å². The van der Waals surface area contributed by atoms with Gasteiger partial charge < -0.3 is 16.4 Å². The van der Waals surface area contributed by atoms with E-state index in [4.69, 9.17) is 5.73 Å². The maximum Gasteiger partial charge on any atom is 0.0760 e. The Morgan fingerprint density at radius 2 is 2.03 bits per heavy atom. The Morgan fingerprint density at radius 3 is 2.77 bits per heavy atom. The Balaban J connectivity index is 1.68. The third-order valence-electron chi connectivity index (χ3n) is 5.65. The zero-order chi connectivity index (χ0) is 21.6. The van der Waals surface area contributed by atoms with E-state index in [0.717, 1.165) is 55.7 Å². The zero-order valence-corrected chi connectivity index (χ0v) is 18.9. The molecule has 0 spiro atoms. The SMILES string of the molecule is C=C(NCN1CCC(CCC2=CC=CCC=C2)CC1)/C(NC/C=C\C=C/C)=C(\C)N. The molecular weight excluding hydrogens is 368 g/mol. The number of likely N-dealkylation sites (tertiary alicyclic amines) is 1. The topological polar surface area (TPSA) is 53.3 Å². The monoisotopic (exact) mass is 408 g/mol. The molecule has 1 aliphatic carbocycles. The molecule has 0 aromatic carbocycles. The first-order valence-corrected chi connectivity index (χ1v) is 11.3. The Morgan fingerprint density at radius 1 is 1.23 bits per heavy atom. The molecule has 1 saturated heterocycles. The van der Waals surface area contributed by atoms with E-state index in [2.05, 4.69) is 58.6 Å². The number of nitrogens with zero attached hydrogens (tertiary/aromatic N) is 1. The van der Waals surface area contributed by atoms with E-state index in [0.29, 0.717) is 0 Å². The molecule has 0 bridgehead atoms. The van der Waals surface area contributed by atoms with E-state index in [1.165, 1.54) is 31.3 Å². The van der Waals surface area contributed by atoms with E-state index in [1.807, 2.05) is 32.1 Å². The Hall–Kier alpha value is -2.46. The number of rotatable bonds is 11. The summed E-state index contributed by atoms with van der Waals surface area (Å²) in [4.78, 5) is 2.48. The molecule has 4 heteroatoms. The molecular formula is C26H40N4. The molecule has 0 aromatic heterocycles. The summed E-state index contributed by atoms with van der Waals surface area (Å²) in [7, 11) is 0. The minimum Gasteiger partial charge on any atom is -0.401 e. The van der Waals surface area contributed by atoms with Crippen LogP contribution in [0, 0.1) is 5.92 Å². The Kier molecular flexibility index (Phi) is 10.9. The summed E-state index contributed by atoms with van der Waals surface area (Å²) >= 11 is 0. The van der Waals surface area contributed by atoms with Crippen LogP contribution >= 0.6 is 0 Å². The van der Waals surface area contributed by atoms with Crippen LogP contribution in [0.2, 0.25) is 0 Å². The second kappa shape index (κ2) is 13.7. The smallest absolute Gasteiger partial charge is 0.0760 e. The lowest BCUT2D eigenvalue weighted by Gasteiger charge is -2.32. The molecule has 0 amide bonds. The molecule has 0 saturated carbocycles. The van der Waals surface area contributed by atoms with E-state index in [-0.39, 0.29) is 0 Å².